The minimum absolute atomic E-state index is 0.121. The Labute approximate surface area is 120 Å². The van der Waals surface area contributed by atoms with Gasteiger partial charge in [-0.15, -0.1) is 0 Å². The van der Waals surface area contributed by atoms with E-state index in [9.17, 15) is 4.79 Å². The Morgan fingerprint density at radius 1 is 1.35 bits per heavy atom. The van der Waals surface area contributed by atoms with E-state index in [1.807, 2.05) is 12.1 Å². The number of carbonyl (C=O) groups is 1. The van der Waals surface area contributed by atoms with Gasteiger partial charge in [0.1, 0.15) is 5.54 Å². The fourth-order valence-electron chi connectivity index (χ4n) is 3.54. The molecule has 108 valence electrons. The highest BCUT2D eigenvalue weighted by atomic mass is 16.5. The number of aryl methyl sites for hydroxylation is 1. The first-order valence-corrected chi connectivity index (χ1v) is 7.30. The number of carbonyl (C=O) groups excluding carboxylic acids is 1. The van der Waals surface area contributed by atoms with Crippen molar-refractivity contribution in [2.45, 2.75) is 25.3 Å². The van der Waals surface area contributed by atoms with Crippen LogP contribution in [0.5, 0.6) is 0 Å². The Hall–Kier alpha value is -1.55. The maximum atomic E-state index is 12.4. The summed E-state index contributed by atoms with van der Waals surface area (Å²) >= 11 is 0. The molecule has 2 heterocycles. The third-order valence-corrected chi connectivity index (χ3v) is 4.76. The van der Waals surface area contributed by atoms with E-state index in [4.69, 9.17) is 4.74 Å². The number of hydrogen-bond acceptors (Lipinski definition) is 4. The smallest absolute Gasteiger partial charge is 0.331 e. The molecule has 0 amide bonds. The summed E-state index contributed by atoms with van der Waals surface area (Å²) in [6, 6.07) is 8.22. The Balaban J connectivity index is 1.90. The van der Waals surface area contributed by atoms with Crippen molar-refractivity contribution in [3.05, 3.63) is 29.8 Å². The zero-order chi connectivity index (χ0) is 14.2. The molecule has 0 aromatic heterocycles. The quantitative estimate of drug-likeness (QED) is 0.857. The SMILES string of the molecule is COC(=O)C1(Nc2ccc(C)cc2)CCN2CCC1C2. The summed E-state index contributed by atoms with van der Waals surface area (Å²) in [5.41, 5.74) is 1.66. The van der Waals surface area contributed by atoms with E-state index in [-0.39, 0.29) is 5.97 Å². The lowest BCUT2D eigenvalue weighted by Crippen LogP contribution is -2.57. The molecule has 3 unspecified atom stereocenters. The number of piperidine rings is 1. The van der Waals surface area contributed by atoms with Crippen molar-refractivity contribution < 1.29 is 9.53 Å². The van der Waals surface area contributed by atoms with E-state index in [0.717, 1.165) is 38.2 Å². The van der Waals surface area contributed by atoms with Gasteiger partial charge in [-0.2, -0.15) is 0 Å². The Morgan fingerprint density at radius 3 is 2.80 bits per heavy atom. The monoisotopic (exact) mass is 274 g/mol. The molecule has 1 aromatic carbocycles. The van der Waals surface area contributed by atoms with Crippen LogP contribution in [0, 0.1) is 12.8 Å². The van der Waals surface area contributed by atoms with Crippen LogP contribution in [-0.4, -0.2) is 43.2 Å². The number of ether oxygens (including phenoxy) is 1. The minimum atomic E-state index is -0.559. The number of anilines is 1. The van der Waals surface area contributed by atoms with Gasteiger partial charge in [-0.25, -0.2) is 4.79 Å². The predicted molar refractivity (Wildman–Crippen MR) is 78.7 cm³/mol. The largest absolute Gasteiger partial charge is 0.467 e. The van der Waals surface area contributed by atoms with Gasteiger partial charge in [0.2, 0.25) is 0 Å². The van der Waals surface area contributed by atoms with Crippen LogP contribution < -0.4 is 5.32 Å². The maximum Gasteiger partial charge on any atom is 0.331 e. The molecule has 1 N–H and O–H groups in total. The van der Waals surface area contributed by atoms with Gasteiger partial charge in [-0.1, -0.05) is 17.7 Å². The second-order valence-electron chi connectivity index (χ2n) is 5.99. The van der Waals surface area contributed by atoms with Crippen LogP contribution in [0.3, 0.4) is 0 Å². The first kappa shape index (κ1) is 13.4. The molecule has 0 spiro atoms. The van der Waals surface area contributed by atoms with Crippen molar-refractivity contribution in [2.24, 2.45) is 5.92 Å². The molecule has 2 fully saturated rings. The number of nitrogens with one attached hydrogen (secondary N) is 1. The van der Waals surface area contributed by atoms with Crippen molar-refractivity contribution in [3.8, 4) is 0 Å². The molecule has 4 heteroatoms. The first-order chi connectivity index (χ1) is 9.64. The molecule has 20 heavy (non-hydrogen) atoms. The van der Waals surface area contributed by atoms with E-state index in [1.54, 1.807) is 0 Å². The lowest BCUT2D eigenvalue weighted by molar-refractivity contribution is -0.149. The van der Waals surface area contributed by atoms with E-state index < -0.39 is 5.54 Å². The molecular formula is C16H22N2O2. The van der Waals surface area contributed by atoms with Crippen molar-refractivity contribution in [1.82, 2.24) is 4.90 Å². The fraction of sp³-hybridized carbons (Fsp3) is 0.562. The molecule has 4 nitrogen and oxygen atoms in total. The Bertz CT molecular complexity index is 500. The summed E-state index contributed by atoms with van der Waals surface area (Å²) in [4.78, 5) is 14.9. The van der Waals surface area contributed by atoms with Gasteiger partial charge in [0.15, 0.2) is 0 Å². The number of fused-ring (bicyclic) bond motifs is 2. The van der Waals surface area contributed by atoms with Crippen molar-refractivity contribution in [3.63, 3.8) is 0 Å². The van der Waals surface area contributed by atoms with Gasteiger partial charge < -0.3 is 15.0 Å². The van der Waals surface area contributed by atoms with Crippen LogP contribution >= 0.6 is 0 Å². The summed E-state index contributed by atoms with van der Waals surface area (Å²) in [5.74, 6) is 0.217. The molecule has 2 aliphatic rings. The highest BCUT2D eigenvalue weighted by Crippen LogP contribution is 2.39. The number of nitrogens with zero attached hydrogens (tertiary/aromatic N) is 1. The van der Waals surface area contributed by atoms with E-state index in [1.165, 1.54) is 12.7 Å². The van der Waals surface area contributed by atoms with Crippen LogP contribution in [-0.2, 0) is 9.53 Å². The highest BCUT2D eigenvalue weighted by Gasteiger charge is 2.52. The number of rotatable bonds is 3. The zero-order valence-electron chi connectivity index (χ0n) is 12.2. The molecule has 0 radical (unpaired) electrons. The lowest BCUT2D eigenvalue weighted by Gasteiger charge is -2.41. The number of methoxy groups -OCH3 is 1. The van der Waals surface area contributed by atoms with Gasteiger partial charge in [0.05, 0.1) is 7.11 Å². The van der Waals surface area contributed by atoms with Crippen LogP contribution in [0.25, 0.3) is 0 Å². The van der Waals surface area contributed by atoms with Crippen LogP contribution in [0.1, 0.15) is 18.4 Å². The summed E-state index contributed by atoms with van der Waals surface area (Å²) in [7, 11) is 1.49. The standard InChI is InChI=1S/C16H22N2O2/c1-12-3-5-14(6-4-12)17-16(15(19)20-2)8-10-18-9-7-13(16)11-18/h3-6,13,17H,7-11H2,1-2H3. The number of benzene rings is 1. The summed E-state index contributed by atoms with van der Waals surface area (Å²) in [5, 5.41) is 3.50. The molecule has 3 atom stereocenters. The first-order valence-electron chi connectivity index (χ1n) is 7.30. The molecule has 2 saturated heterocycles. The van der Waals surface area contributed by atoms with E-state index >= 15 is 0 Å². The Morgan fingerprint density at radius 2 is 2.10 bits per heavy atom. The Kier molecular flexibility index (Phi) is 3.42. The lowest BCUT2D eigenvalue weighted by atomic mass is 9.78. The maximum absolute atomic E-state index is 12.4. The topological polar surface area (TPSA) is 41.6 Å². The molecule has 2 bridgehead atoms. The van der Waals surface area contributed by atoms with Gasteiger partial charge in [0, 0.05) is 24.7 Å². The average molecular weight is 274 g/mol. The summed E-state index contributed by atoms with van der Waals surface area (Å²) in [6.45, 7) is 5.12. The predicted octanol–water partition coefficient (Wildman–Crippen LogP) is 2.04. The second kappa shape index (κ2) is 5.09. The number of hydrogen-bond donors (Lipinski definition) is 1. The molecule has 0 aliphatic carbocycles. The van der Waals surface area contributed by atoms with Crippen LogP contribution in [0.2, 0.25) is 0 Å². The second-order valence-corrected chi connectivity index (χ2v) is 5.99. The van der Waals surface area contributed by atoms with Gasteiger partial charge in [-0.05, 0) is 38.4 Å². The molecule has 3 rings (SSSR count). The highest BCUT2D eigenvalue weighted by molar-refractivity contribution is 5.85. The normalized spacial score (nSPS) is 31.9. The molecule has 0 saturated carbocycles. The molecule has 2 aliphatic heterocycles. The van der Waals surface area contributed by atoms with Crippen LogP contribution in [0.4, 0.5) is 5.69 Å². The van der Waals surface area contributed by atoms with Gasteiger partial charge in [-0.3, -0.25) is 0 Å². The van der Waals surface area contributed by atoms with Crippen molar-refractivity contribution in [1.29, 1.82) is 0 Å². The summed E-state index contributed by atoms with van der Waals surface area (Å²) in [6.07, 6.45) is 1.88. The zero-order valence-corrected chi connectivity index (χ0v) is 12.2. The van der Waals surface area contributed by atoms with E-state index in [2.05, 4.69) is 29.3 Å². The molecular weight excluding hydrogens is 252 g/mol. The summed E-state index contributed by atoms with van der Waals surface area (Å²) < 4.78 is 5.12. The van der Waals surface area contributed by atoms with E-state index in [0.29, 0.717) is 5.92 Å². The third-order valence-electron chi connectivity index (χ3n) is 4.76. The number of esters is 1. The minimum Gasteiger partial charge on any atom is -0.467 e. The van der Waals surface area contributed by atoms with Crippen LogP contribution in [0.15, 0.2) is 24.3 Å². The van der Waals surface area contributed by atoms with Crippen molar-refractivity contribution >= 4 is 11.7 Å². The van der Waals surface area contributed by atoms with Gasteiger partial charge >= 0.3 is 5.97 Å². The molecule has 1 aromatic rings. The van der Waals surface area contributed by atoms with Gasteiger partial charge in [0.25, 0.3) is 0 Å². The average Bonchev–Trinajstić information content (AvgIpc) is 2.88. The third kappa shape index (κ3) is 2.18. The van der Waals surface area contributed by atoms with Crippen molar-refractivity contribution in [2.75, 3.05) is 32.1 Å². The fourth-order valence-corrected chi connectivity index (χ4v) is 3.54.